The average molecular weight is 493 g/mol. The molecule has 1 atom stereocenters. The van der Waals surface area contributed by atoms with Crippen molar-refractivity contribution in [2.75, 3.05) is 13.2 Å². The van der Waals surface area contributed by atoms with E-state index >= 15 is 0 Å². The fourth-order valence-electron chi connectivity index (χ4n) is 3.65. The molecular formula is C29H33ClN2O3. The van der Waals surface area contributed by atoms with E-state index in [2.05, 4.69) is 5.32 Å². The molecule has 0 aliphatic heterocycles. The highest BCUT2D eigenvalue weighted by molar-refractivity contribution is 6.31. The maximum atomic E-state index is 13.6. The van der Waals surface area contributed by atoms with Crippen LogP contribution in [0.15, 0.2) is 78.9 Å². The van der Waals surface area contributed by atoms with Gasteiger partial charge in [-0.15, -0.1) is 0 Å². The molecular weight excluding hydrogens is 460 g/mol. The Labute approximate surface area is 213 Å². The third kappa shape index (κ3) is 8.15. The van der Waals surface area contributed by atoms with Crippen molar-refractivity contribution >= 4 is 23.4 Å². The van der Waals surface area contributed by atoms with E-state index in [9.17, 15) is 9.59 Å². The molecule has 3 aromatic rings. The Morgan fingerprint density at radius 1 is 0.943 bits per heavy atom. The second-order valence-electron chi connectivity index (χ2n) is 9.06. The standard InChI is InChI=1S/C29H33ClN2O3/c1-21(2)18-31-29(34)27(17-23-9-5-4-6-10-23)32(19-24-11-7-8-12-26(24)30)28(33)20-35-25-15-13-22(3)14-16-25/h4-16,21,27H,17-20H2,1-3H3,(H,31,34)/t27-/m0/s1. The zero-order valence-corrected chi connectivity index (χ0v) is 21.3. The van der Waals surface area contributed by atoms with E-state index in [1.807, 2.05) is 93.6 Å². The Balaban J connectivity index is 1.90. The largest absolute Gasteiger partial charge is 0.484 e. The smallest absolute Gasteiger partial charge is 0.261 e. The molecule has 184 valence electrons. The van der Waals surface area contributed by atoms with E-state index in [0.717, 1.165) is 16.7 Å². The van der Waals surface area contributed by atoms with Crippen LogP contribution in [0.5, 0.6) is 5.75 Å². The van der Waals surface area contributed by atoms with Crippen molar-refractivity contribution in [3.05, 3.63) is 101 Å². The molecule has 0 aliphatic rings. The summed E-state index contributed by atoms with van der Waals surface area (Å²) >= 11 is 6.44. The molecule has 0 aliphatic carbocycles. The molecule has 0 unspecified atom stereocenters. The molecule has 0 radical (unpaired) electrons. The summed E-state index contributed by atoms with van der Waals surface area (Å²) in [7, 11) is 0. The number of aryl methyl sites for hydroxylation is 1. The van der Waals surface area contributed by atoms with Gasteiger partial charge in [0.25, 0.3) is 5.91 Å². The molecule has 0 fully saturated rings. The SMILES string of the molecule is Cc1ccc(OCC(=O)N(Cc2ccccc2Cl)[C@@H](Cc2ccccc2)C(=O)NCC(C)C)cc1. The minimum Gasteiger partial charge on any atom is -0.484 e. The molecule has 3 rings (SSSR count). The van der Waals surface area contributed by atoms with E-state index in [0.29, 0.717) is 23.7 Å². The summed E-state index contributed by atoms with van der Waals surface area (Å²) in [6, 6.07) is 23.9. The van der Waals surface area contributed by atoms with Gasteiger partial charge in [-0.25, -0.2) is 0 Å². The minimum absolute atomic E-state index is 0.184. The highest BCUT2D eigenvalue weighted by atomic mass is 35.5. The zero-order valence-electron chi connectivity index (χ0n) is 20.5. The highest BCUT2D eigenvalue weighted by Crippen LogP contribution is 2.21. The van der Waals surface area contributed by atoms with Crippen molar-refractivity contribution in [2.45, 2.75) is 39.8 Å². The van der Waals surface area contributed by atoms with E-state index < -0.39 is 6.04 Å². The van der Waals surface area contributed by atoms with Gasteiger partial charge in [0.15, 0.2) is 6.61 Å². The van der Waals surface area contributed by atoms with Crippen molar-refractivity contribution in [1.29, 1.82) is 0 Å². The molecule has 3 aromatic carbocycles. The minimum atomic E-state index is -0.721. The van der Waals surface area contributed by atoms with Crippen molar-refractivity contribution < 1.29 is 14.3 Å². The quantitative estimate of drug-likeness (QED) is 0.387. The van der Waals surface area contributed by atoms with Crippen LogP contribution in [-0.2, 0) is 22.6 Å². The van der Waals surface area contributed by atoms with Gasteiger partial charge >= 0.3 is 0 Å². The number of benzene rings is 3. The topological polar surface area (TPSA) is 58.6 Å². The van der Waals surface area contributed by atoms with Crippen molar-refractivity contribution in [1.82, 2.24) is 10.2 Å². The van der Waals surface area contributed by atoms with Gasteiger partial charge in [-0.05, 0) is 42.2 Å². The van der Waals surface area contributed by atoms with E-state index in [1.54, 1.807) is 11.0 Å². The number of hydrogen-bond donors (Lipinski definition) is 1. The van der Waals surface area contributed by atoms with Crippen LogP contribution in [0, 0.1) is 12.8 Å². The van der Waals surface area contributed by atoms with Gasteiger partial charge < -0.3 is 15.0 Å². The van der Waals surface area contributed by atoms with Crippen LogP contribution < -0.4 is 10.1 Å². The highest BCUT2D eigenvalue weighted by Gasteiger charge is 2.31. The first-order valence-corrected chi connectivity index (χ1v) is 12.2. The third-order valence-electron chi connectivity index (χ3n) is 5.64. The first-order valence-electron chi connectivity index (χ1n) is 11.9. The van der Waals surface area contributed by atoms with E-state index in [4.69, 9.17) is 16.3 Å². The van der Waals surface area contributed by atoms with Crippen LogP contribution in [0.4, 0.5) is 0 Å². The van der Waals surface area contributed by atoms with Gasteiger partial charge in [0, 0.05) is 24.5 Å². The number of nitrogens with one attached hydrogen (secondary N) is 1. The molecule has 0 bridgehead atoms. The normalized spacial score (nSPS) is 11.7. The fourth-order valence-corrected chi connectivity index (χ4v) is 3.84. The molecule has 6 heteroatoms. The molecule has 2 amide bonds. The number of ether oxygens (including phenoxy) is 1. The summed E-state index contributed by atoms with van der Waals surface area (Å²) in [5.74, 6) is 0.406. The van der Waals surface area contributed by atoms with Gasteiger partial charge in [0.2, 0.25) is 5.91 Å². The Morgan fingerprint density at radius 2 is 1.60 bits per heavy atom. The van der Waals surface area contributed by atoms with Crippen molar-refractivity contribution in [3.63, 3.8) is 0 Å². The lowest BCUT2D eigenvalue weighted by molar-refractivity contribution is -0.142. The molecule has 0 heterocycles. The van der Waals surface area contributed by atoms with Crippen LogP contribution in [0.1, 0.15) is 30.5 Å². The Kier molecular flexibility index (Phi) is 9.74. The Bertz CT molecular complexity index is 1100. The molecule has 1 N–H and O–H groups in total. The van der Waals surface area contributed by atoms with Crippen LogP contribution in [0.3, 0.4) is 0 Å². The van der Waals surface area contributed by atoms with Crippen LogP contribution in [-0.4, -0.2) is 35.9 Å². The van der Waals surface area contributed by atoms with Crippen molar-refractivity contribution in [3.8, 4) is 5.75 Å². The monoisotopic (exact) mass is 492 g/mol. The Morgan fingerprint density at radius 3 is 2.26 bits per heavy atom. The number of carbonyl (C=O) groups is 2. The summed E-state index contributed by atoms with van der Waals surface area (Å²) in [6.07, 6.45) is 0.380. The number of halogens is 1. The number of rotatable bonds is 11. The predicted molar refractivity (Wildman–Crippen MR) is 140 cm³/mol. The fraction of sp³-hybridized carbons (Fsp3) is 0.310. The number of nitrogens with zero attached hydrogens (tertiary/aromatic N) is 1. The summed E-state index contributed by atoms with van der Waals surface area (Å²) in [4.78, 5) is 28.5. The molecule has 35 heavy (non-hydrogen) atoms. The lowest BCUT2D eigenvalue weighted by atomic mass is 10.0. The zero-order chi connectivity index (χ0) is 25.2. The average Bonchev–Trinajstić information content (AvgIpc) is 2.85. The number of carbonyl (C=O) groups excluding carboxylic acids is 2. The second kappa shape index (κ2) is 13.0. The molecule has 0 saturated carbocycles. The predicted octanol–water partition coefficient (Wildman–Crippen LogP) is 5.44. The first kappa shape index (κ1) is 26.3. The summed E-state index contributed by atoms with van der Waals surface area (Å²) in [5.41, 5.74) is 2.84. The van der Waals surface area contributed by atoms with Crippen LogP contribution in [0.25, 0.3) is 0 Å². The summed E-state index contributed by atoms with van der Waals surface area (Å²) in [6.45, 7) is 6.60. The van der Waals surface area contributed by atoms with Gasteiger partial charge in [-0.3, -0.25) is 9.59 Å². The second-order valence-corrected chi connectivity index (χ2v) is 9.47. The van der Waals surface area contributed by atoms with Crippen molar-refractivity contribution in [2.24, 2.45) is 5.92 Å². The van der Waals surface area contributed by atoms with E-state index in [-0.39, 0.29) is 30.9 Å². The summed E-state index contributed by atoms with van der Waals surface area (Å²) in [5, 5.41) is 3.56. The van der Waals surface area contributed by atoms with Crippen LogP contribution in [0.2, 0.25) is 5.02 Å². The molecule has 0 saturated heterocycles. The van der Waals surface area contributed by atoms with Gasteiger partial charge in [-0.2, -0.15) is 0 Å². The molecule has 0 spiro atoms. The first-order chi connectivity index (χ1) is 16.8. The molecule has 0 aromatic heterocycles. The molecule has 5 nitrogen and oxygen atoms in total. The van der Waals surface area contributed by atoms with Gasteiger partial charge in [0.05, 0.1) is 0 Å². The maximum absolute atomic E-state index is 13.6. The van der Waals surface area contributed by atoms with E-state index in [1.165, 1.54) is 0 Å². The van der Waals surface area contributed by atoms with Crippen LogP contribution >= 0.6 is 11.6 Å². The van der Waals surface area contributed by atoms with Gasteiger partial charge in [0.1, 0.15) is 11.8 Å². The van der Waals surface area contributed by atoms with Gasteiger partial charge in [-0.1, -0.05) is 91.7 Å². The number of hydrogen-bond acceptors (Lipinski definition) is 3. The third-order valence-corrected chi connectivity index (χ3v) is 6.01. The Hall–Kier alpha value is -3.31. The maximum Gasteiger partial charge on any atom is 0.261 e. The lowest BCUT2D eigenvalue weighted by Crippen LogP contribution is -2.52. The number of amides is 2. The summed E-state index contributed by atoms with van der Waals surface area (Å²) < 4.78 is 5.79. The lowest BCUT2D eigenvalue weighted by Gasteiger charge is -2.32.